The molecule has 0 saturated carbocycles. The summed E-state index contributed by atoms with van der Waals surface area (Å²) in [5.74, 6) is 1.19. The molecule has 1 rings (SSSR count). The number of rotatable bonds is 8. The van der Waals surface area contributed by atoms with Crippen LogP contribution in [0.2, 0.25) is 0 Å². The zero-order chi connectivity index (χ0) is 14.3. The molecule has 1 aromatic carbocycles. The van der Waals surface area contributed by atoms with Crippen molar-refractivity contribution >= 4 is 5.78 Å². The van der Waals surface area contributed by atoms with Crippen LogP contribution in [0.25, 0.3) is 0 Å². The molecule has 106 valence electrons. The molecular formula is C16H25NO2. The van der Waals surface area contributed by atoms with Crippen LogP contribution in [0.1, 0.15) is 38.7 Å². The third-order valence-corrected chi connectivity index (χ3v) is 3.36. The summed E-state index contributed by atoms with van der Waals surface area (Å²) in [7, 11) is 1.64. The van der Waals surface area contributed by atoms with Crippen LogP contribution >= 0.6 is 0 Å². The summed E-state index contributed by atoms with van der Waals surface area (Å²) in [6.45, 7) is 4.01. The highest BCUT2D eigenvalue weighted by molar-refractivity contribution is 5.83. The first-order valence-electron chi connectivity index (χ1n) is 6.94. The summed E-state index contributed by atoms with van der Waals surface area (Å²) in [5, 5.41) is 0. The molecule has 0 aliphatic rings. The Morgan fingerprint density at radius 1 is 1.32 bits per heavy atom. The first-order chi connectivity index (χ1) is 9.02. The fourth-order valence-electron chi connectivity index (χ4n) is 2.06. The van der Waals surface area contributed by atoms with Crippen molar-refractivity contribution in [2.24, 2.45) is 11.7 Å². The summed E-state index contributed by atoms with van der Waals surface area (Å²) in [6.07, 6.45) is 3.40. The molecule has 0 aliphatic heterocycles. The number of Topliss-reactive ketones (excluding diaryl/α,β-unsaturated/α-hetero) is 1. The number of nitrogens with two attached hydrogens (primary N) is 1. The van der Waals surface area contributed by atoms with Crippen molar-refractivity contribution in [3.63, 3.8) is 0 Å². The van der Waals surface area contributed by atoms with Crippen LogP contribution in [0, 0.1) is 5.92 Å². The zero-order valence-corrected chi connectivity index (χ0v) is 12.2. The first kappa shape index (κ1) is 15.7. The summed E-state index contributed by atoms with van der Waals surface area (Å²) in [6, 6.07) is 7.92. The van der Waals surface area contributed by atoms with E-state index >= 15 is 0 Å². The van der Waals surface area contributed by atoms with Gasteiger partial charge in [-0.3, -0.25) is 4.79 Å². The van der Waals surface area contributed by atoms with Crippen molar-refractivity contribution < 1.29 is 9.53 Å². The molecule has 0 spiro atoms. The van der Waals surface area contributed by atoms with E-state index in [4.69, 9.17) is 10.5 Å². The van der Waals surface area contributed by atoms with Crippen molar-refractivity contribution in [3.8, 4) is 5.75 Å². The van der Waals surface area contributed by atoms with E-state index in [1.165, 1.54) is 0 Å². The summed E-state index contributed by atoms with van der Waals surface area (Å²) >= 11 is 0. The molecule has 2 atom stereocenters. The lowest BCUT2D eigenvalue weighted by atomic mass is 9.94. The Labute approximate surface area is 116 Å². The lowest BCUT2D eigenvalue weighted by Gasteiger charge is -2.12. The van der Waals surface area contributed by atoms with Crippen molar-refractivity contribution in [1.29, 1.82) is 0 Å². The van der Waals surface area contributed by atoms with Gasteiger partial charge in [-0.2, -0.15) is 0 Å². The highest BCUT2D eigenvalue weighted by Crippen LogP contribution is 2.16. The van der Waals surface area contributed by atoms with Gasteiger partial charge in [0, 0.05) is 18.4 Å². The van der Waals surface area contributed by atoms with Crippen LogP contribution in [0.15, 0.2) is 24.3 Å². The average molecular weight is 263 g/mol. The number of methoxy groups -OCH3 is 1. The van der Waals surface area contributed by atoms with Gasteiger partial charge >= 0.3 is 0 Å². The normalized spacial score (nSPS) is 13.9. The number of hydrogen-bond donors (Lipinski definition) is 1. The average Bonchev–Trinajstić information content (AvgIpc) is 2.38. The van der Waals surface area contributed by atoms with Gasteiger partial charge in [-0.15, -0.1) is 0 Å². The van der Waals surface area contributed by atoms with Crippen molar-refractivity contribution in [2.75, 3.05) is 7.11 Å². The van der Waals surface area contributed by atoms with Crippen LogP contribution in [0.3, 0.4) is 0 Å². The minimum absolute atomic E-state index is 0.102. The van der Waals surface area contributed by atoms with Crippen LogP contribution in [-0.4, -0.2) is 18.9 Å². The topological polar surface area (TPSA) is 52.3 Å². The third-order valence-electron chi connectivity index (χ3n) is 3.36. The number of ether oxygens (including phenoxy) is 1. The summed E-state index contributed by atoms with van der Waals surface area (Å²) in [5.41, 5.74) is 6.73. The van der Waals surface area contributed by atoms with E-state index in [0.29, 0.717) is 6.42 Å². The monoisotopic (exact) mass is 263 g/mol. The van der Waals surface area contributed by atoms with Gasteiger partial charge in [0.05, 0.1) is 7.11 Å². The standard InChI is InChI=1S/C16H25NO2/c1-12(6-4-7-13(2)17)16(18)11-14-8-5-9-15(10-14)19-3/h5,8-10,12-13H,4,6-7,11,17H2,1-3H3. The second-order valence-electron chi connectivity index (χ2n) is 5.30. The molecule has 0 heterocycles. The highest BCUT2D eigenvalue weighted by Gasteiger charge is 2.13. The van der Waals surface area contributed by atoms with Crippen LogP contribution in [0.4, 0.5) is 0 Å². The molecule has 3 heteroatoms. The van der Waals surface area contributed by atoms with Gasteiger partial charge < -0.3 is 10.5 Å². The SMILES string of the molecule is COc1cccc(CC(=O)C(C)CCCC(C)N)c1. The van der Waals surface area contributed by atoms with Crippen LogP contribution < -0.4 is 10.5 Å². The fraction of sp³-hybridized carbons (Fsp3) is 0.562. The van der Waals surface area contributed by atoms with Crippen molar-refractivity contribution in [2.45, 2.75) is 45.6 Å². The van der Waals surface area contributed by atoms with Gasteiger partial charge in [0.15, 0.2) is 0 Å². The Morgan fingerprint density at radius 3 is 2.68 bits per heavy atom. The largest absolute Gasteiger partial charge is 0.497 e. The van der Waals surface area contributed by atoms with E-state index in [-0.39, 0.29) is 17.7 Å². The van der Waals surface area contributed by atoms with E-state index < -0.39 is 0 Å². The molecule has 2 unspecified atom stereocenters. The van der Waals surface area contributed by atoms with Crippen LogP contribution in [0.5, 0.6) is 5.75 Å². The second-order valence-corrected chi connectivity index (χ2v) is 5.30. The third kappa shape index (κ3) is 5.88. The van der Waals surface area contributed by atoms with Crippen molar-refractivity contribution in [1.82, 2.24) is 0 Å². The zero-order valence-electron chi connectivity index (χ0n) is 12.2. The predicted octanol–water partition coefficient (Wildman–Crippen LogP) is 2.96. The Balaban J connectivity index is 2.44. The molecule has 0 fully saturated rings. The maximum Gasteiger partial charge on any atom is 0.140 e. The Morgan fingerprint density at radius 2 is 2.05 bits per heavy atom. The molecule has 0 amide bonds. The van der Waals surface area contributed by atoms with Gasteiger partial charge in [-0.25, -0.2) is 0 Å². The Hall–Kier alpha value is -1.35. The number of carbonyl (C=O) groups is 1. The van der Waals surface area contributed by atoms with Crippen LogP contribution in [-0.2, 0) is 11.2 Å². The quantitative estimate of drug-likeness (QED) is 0.784. The molecular weight excluding hydrogens is 238 g/mol. The van der Waals surface area contributed by atoms with E-state index in [1.807, 2.05) is 38.1 Å². The molecule has 0 bridgehead atoms. The van der Waals surface area contributed by atoms with Gasteiger partial charge in [-0.1, -0.05) is 25.5 Å². The second kappa shape index (κ2) is 7.95. The summed E-state index contributed by atoms with van der Waals surface area (Å²) < 4.78 is 5.16. The maximum atomic E-state index is 12.1. The predicted molar refractivity (Wildman–Crippen MR) is 78.4 cm³/mol. The number of carbonyl (C=O) groups excluding carboxylic acids is 1. The highest BCUT2D eigenvalue weighted by atomic mass is 16.5. The van der Waals surface area contributed by atoms with Gasteiger partial charge in [0.1, 0.15) is 11.5 Å². The lowest BCUT2D eigenvalue weighted by Crippen LogP contribution is -2.17. The van der Waals surface area contributed by atoms with E-state index in [0.717, 1.165) is 30.6 Å². The lowest BCUT2D eigenvalue weighted by molar-refractivity contribution is -0.121. The maximum absolute atomic E-state index is 12.1. The molecule has 0 aliphatic carbocycles. The smallest absolute Gasteiger partial charge is 0.140 e. The van der Waals surface area contributed by atoms with Crippen molar-refractivity contribution in [3.05, 3.63) is 29.8 Å². The summed E-state index contributed by atoms with van der Waals surface area (Å²) in [4.78, 5) is 12.1. The minimum atomic E-state index is 0.102. The Kier molecular flexibility index (Phi) is 6.57. The Bertz CT molecular complexity index is 401. The fourth-order valence-corrected chi connectivity index (χ4v) is 2.06. The molecule has 0 radical (unpaired) electrons. The molecule has 19 heavy (non-hydrogen) atoms. The molecule has 0 saturated heterocycles. The number of ketones is 1. The van der Waals surface area contributed by atoms with E-state index in [1.54, 1.807) is 7.11 Å². The number of benzene rings is 1. The molecule has 3 nitrogen and oxygen atoms in total. The molecule has 1 aromatic rings. The molecule has 2 N–H and O–H groups in total. The van der Waals surface area contributed by atoms with Gasteiger partial charge in [-0.05, 0) is 37.5 Å². The van der Waals surface area contributed by atoms with E-state index in [2.05, 4.69) is 0 Å². The number of hydrogen-bond acceptors (Lipinski definition) is 3. The van der Waals surface area contributed by atoms with Gasteiger partial charge in [0.2, 0.25) is 0 Å². The van der Waals surface area contributed by atoms with Gasteiger partial charge in [0.25, 0.3) is 0 Å². The minimum Gasteiger partial charge on any atom is -0.497 e. The van der Waals surface area contributed by atoms with E-state index in [9.17, 15) is 4.79 Å². The molecule has 0 aromatic heterocycles. The first-order valence-corrected chi connectivity index (χ1v) is 6.94.